The van der Waals surface area contributed by atoms with E-state index in [-0.39, 0.29) is 0 Å². The van der Waals surface area contributed by atoms with Gasteiger partial charge in [0.15, 0.2) is 0 Å². The highest BCUT2D eigenvalue weighted by molar-refractivity contribution is 6.09. The van der Waals surface area contributed by atoms with Gasteiger partial charge in [0.25, 0.3) is 0 Å². The van der Waals surface area contributed by atoms with Crippen LogP contribution in [0, 0.1) is 27.7 Å². The van der Waals surface area contributed by atoms with Gasteiger partial charge in [-0.3, -0.25) is 4.90 Å². The van der Waals surface area contributed by atoms with Crippen molar-refractivity contribution in [2.45, 2.75) is 40.7 Å². The zero-order valence-electron chi connectivity index (χ0n) is 27.9. The summed E-state index contributed by atoms with van der Waals surface area (Å²) in [5, 5.41) is 25.8. The van der Waals surface area contributed by atoms with E-state index in [0.717, 1.165) is 80.9 Å². The van der Waals surface area contributed by atoms with Gasteiger partial charge in [-0.2, -0.15) is 0 Å². The van der Waals surface area contributed by atoms with Crippen LogP contribution in [0.15, 0.2) is 91.0 Å². The predicted octanol–water partition coefficient (Wildman–Crippen LogP) is 8.70. The number of nitrogens with zero attached hydrogens (tertiary/aromatic N) is 3. The van der Waals surface area contributed by atoms with Crippen molar-refractivity contribution in [3.05, 3.63) is 124 Å². The molecule has 1 aromatic heterocycles. The molecule has 0 aliphatic rings. The second-order valence-corrected chi connectivity index (χ2v) is 13.1. The Morgan fingerprint density at radius 1 is 0.609 bits per heavy atom. The number of phenolic OH excluding ortho intramolecular Hbond substituents is 2. The first-order valence-corrected chi connectivity index (χ1v) is 16.2. The van der Waals surface area contributed by atoms with Crippen LogP contribution in [0.4, 0.5) is 0 Å². The van der Waals surface area contributed by atoms with E-state index in [1.54, 1.807) is 0 Å². The van der Waals surface area contributed by atoms with Gasteiger partial charge in [-0.1, -0.05) is 66.7 Å². The SMILES string of the molecule is Cc1cc(CN(CCc2cc(C)cc(-n3c4ccccc4c4ccccc43)c2O)CCN(C)C)c(O)c(-c2c(C)cccc2C)c1. The Bertz CT molecular complexity index is 1960. The zero-order chi connectivity index (χ0) is 32.5. The number of para-hydroxylation sites is 2. The third kappa shape index (κ3) is 6.13. The normalized spacial score (nSPS) is 11.8. The van der Waals surface area contributed by atoms with Gasteiger partial charge in [0, 0.05) is 48.1 Å². The molecule has 0 aliphatic carbocycles. The molecule has 5 heteroatoms. The molecule has 0 saturated carbocycles. The number of hydrogen-bond donors (Lipinski definition) is 2. The fourth-order valence-electron chi connectivity index (χ4n) is 6.91. The molecular formula is C41H45N3O2. The molecule has 0 aliphatic heterocycles. The maximum Gasteiger partial charge on any atom is 0.142 e. The standard InChI is InChI=1S/C41H45N3O2/c1-27-23-32(40(45)35(24-27)39-29(3)12-11-13-30(39)4)26-43(21-20-42(5)6)19-18-31-22-28(2)25-38(41(31)46)44-36-16-9-7-14-33(36)34-15-8-10-17-37(34)44/h7-17,22-25,45-46H,18-21,26H2,1-6H3. The first kappa shape index (κ1) is 31.4. The average Bonchev–Trinajstić information content (AvgIpc) is 3.36. The van der Waals surface area contributed by atoms with Crippen molar-refractivity contribution >= 4 is 21.8 Å². The number of phenols is 2. The van der Waals surface area contributed by atoms with Crippen molar-refractivity contribution < 1.29 is 10.2 Å². The smallest absolute Gasteiger partial charge is 0.142 e. The predicted molar refractivity (Wildman–Crippen MR) is 192 cm³/mol. The molecule has 0 atom stereocenters. The Balaban J connectivity index is 1.34. The van der Waals surface area contributed by atoms with Crippen molar-refractivity contribution in [2.24, 2.45) is 0 Å². The summed E-state index contributed by atoms with van der Waals surface area (Å²) in [5.41, 5.74) is 11.4. The molecule has 5 nitrogen and oxygen atoms in total. The summed E-state index contributed by atoms with van der Waals surface area (Å²) in [6, 6.07) is 31.5. The van der Waals surface area contributed by atoms with Crippen LogP contribution in [0.3, 0.4) is 0 Å². The fraction of sp³-hybridized carbons (Fsp3) is 0.268. The van der Waals surface area contributed by atoms with Gasteiger partial charge in [0.1, 0.15) is 11.5 Å². The van der Waals surface area contributed by atoms with Gasteiger partial charge >= 0.3 is 0 Å². The van der Waals surface area contributed by atoms with Gasteiger partial charge in [-0.15, -0.1) is 0 Å². The highest BCUT2D eigenvalue weighted by Crippen LogP contribution is 2.39. The van der Waals surface area contributed by atoms with E-state index < -0.39 is 0 Å². The Kier molecular flexibility index (Phi) is 8.90. The quantitative estimate of drug-likeness (QED) is 0.163. The van der Waals surface area contributed by atoms with Crippen LogP contribution < -0.4 is 0 Å². The highest BCUT2D eigenvalue weighted by atomic mass is 16.3. The third-order valence-corrected chi connectivity index (χ3v) is 9.17. The van der Waals surface area contributed by atoms with E-state index >= 15 is 0 Å². The number of likely N-dealkylation sites (N-methyl/N-ethyl adjacent to an activating group) is 1. The molecule has 0 fully saturated rings. The summed E-state index contributed by atoms with van der Waals surface area (Å²) in [6.07, 6.45) is 0.682. The lowest BCUT2D eigenvalue weighted by atomic mass is 9.92. The van der Waals surface area contributed by atoms with Gasteiger partial charge in [0.2, 0.25) is 0 Å². The lowest BCUT2D eigenvalue weighted by molar-refractivity contribution is 0.233. The zero-order valence-corrected chi connectivity index (χ0v) is 27.9. The van der Waals surface area contributed by atoms with E-state index in [4.69, 9.17) is 0 Å². The van der Waals surface area contributed by atoms with Crippen LogP contribution in [0.25, 0.3) is 38.6 Å². The third-order valence-electron chi connectivity index (χ3n) is 9.17. The molecule has 0 bridgehead atoms. The molecular weight excluding hydrogens is 566 g/mol. The van der Waals surface area contributed by atoms with E-state index in [1.807, 2.05) is 0 Å². The topological polar surface area (TPSA) is 51.9 Å². The summed E-state index contributed by atoms with van der Waals surface area (Å²) in [5.74, 6) is 0.672. The summed E-state index contributed by atoms with van der Waals surface area (Å²) in [7, 11) is 4.18. The molecule has 236 valence electrons. The van der Waals surface area contributed by atoms with Crippen LogP contribution in [0.1, 0.15) is 33.4 Å². The van der Waals surface area contributed by atoms with E-state index in [9.17, 15) is 10.2 Å². The van der Waals surface area contributed by atoms with Gasteiger partial charge in [0.05, 0.1) is 16.7 Å². The van der Waals surface area contributed by atoms with Crippen molar-refractivity contribution in [1.29, 1.82) is 0 Å². The second-order valence-electron chi connectivity index (χ2n) is 13.1. The number of rotatable bonds is 10. The van der Waals surface area contributed by atoms with Crippen LogP contribution in [-0.2, 0) is 13.0 Å². The fourth-order valence-corrected chi connectivity index (χ4v) is 6.91. The van der Waals surface area contributed by atoms with Crippen LogP contribution in [-0.4, -0.2) is 58.3 Å². The van der Waals surface area contributed by atoms with E-state index in [1.165, 1.54) is 10.8 Å². The molecule has 6 rings (SSSR count). The number of hydrogen-bond acceptors (Lipinski definition) is 4. The summed E-state index contributed by atoms with van der Waals surface area (Å²) in [4.78, 5) is 4.58. The molecule has 0 saturated heterocycles. The van der Waals surface area contributed by atoms with Crippen LogP contribution in [0.5, 0.6) is 11.5 Å². The summed E-state index contributed by atoms with van der Waals surface area (Å²) in [6.45, 7) is 11.5. The average molecular weight is 612 g/mol. The van der Waals surface area contributed by atoms with Crippen LogP contribution in [0.2, 0.25) is 0 Å². The van der Waals surface area contributed by atoms with Gasteiger partial charge in [-0.05, 0) is 106 Å². The van der Waals surface area contributed by atoms with Crippen molar-refractivity contribution in [3.8, 4) is 28.3 Å². The summed E-state index contributed by atoms with van der Waals surface area (Å²) < 4.78 is 2.19. The lowest BCUT2D eigenvalue weighted by Crippen LogP contribution is -2.33. The number of benzene rings is 5. The first-order valence-electron chi connectivity index (χ1n) is 16.2. The minimum absolute atomic E-state index is 0.320. The first-order chi connectivity index (χ1) is 22.1. The largest absolute Gasteiger partial charge is 0.507 e. The second kappa shape index (κ2) is 13.0. The maximum absolute atomic E-state index is 11.8. The number of aromatic nitrogens is 1. The minimum Gasteiger partial charge on any atom is -0.507 e. The number of aryl methyl sites for hydroxylation is 4. The molecule has 1 heterocycles. The molecule has 0 unspecified atom stereocenters. The molecule has 0 amide bonds. The molecule has 0 spiro atoms. The molecule has 0 radical (unpaired) electrons. The van der Waals surface area contributed by atoms with E-state index in [2.05, 4.69) is 147 Å². The molecule has 5 aromatic carbocycles. The Labute approximate surface area is 273 Å². The van der Waals surface area contributed by atoms with Crippen LogP contribution >= 0.6 is 0 Å². The van der Waals surface area contributed by atoms with Crippen molar-refractivity contribution in [1.82, 2.24) is 14.4 Å². The Hall–Kier alpha value is -4.58. The van der Waals surface area contributed by atoms with Crippen molar-refractivity contribution in [2.75, 3.05) is 33.7 Å². The van der Waals surface area contributed by atoms with Crippen molar-refractivity contribution in [3.63, 3.8) is 0 Å². The maximum atomic E-state index is 11.8. The number of aromatic hydroxyl groups is 2. The van der Waals surface area contributed by atoms with E-state index in [0.29, 0.717) is 24.5 Å². The Morgan fingerprint density at radius 3 is 1.83 bits per heavy atom. The monoisotopic (exact) mass is 611 g/mol. The lowest BCUT2D eigenvalue weighted by Gasteiger charge is -2.26. The molecule has 46 heavy (non-hydrogen) atoms. The van der Waals surface area contributed by atoms with Gasteiger partial charge in [-0.25, -0.2) is 0 Å². The minimum atomic E-state index is 0.320. The summed E-state index contributed by atoms with van der Waals surface area (Å²) >= 11 is 0. The Morgan fingerprint density at radius 2 is 1.20 bits per heavy atom. The number of fused-ring (bicyclic) bond motifs is 3. The van der Waals surface area contributed by atoms with Gasteiger partial charge < -0.3 is 19.7 Å². The molecule has 6 aromatic rings. The molecule has 2 N–H and O–H groups in total. The highest BCUT2D eigenvalue weighted by Gasteiger charge is 2.20.